The lowest BCUT2D eigenvalue weighted by Gasteiger charge is -2.20. The fourth-order valence-electron chi connectivity index (χ4n) is 2.71. The van der Waals surface area contributed by atoms with Gasteiger partial charge < -0.3 is 25.4 Å². The van der Waals surface area contributed by atoms with Crippen molar-refractivity contribution in [1.82, 2.24) is 0 Å². The van der Waals surface area contributed by atoms with Crippen molar-refractivity contribution in [3.63, 3.8) is 0 Å². The third-order valence-corrected chi connectivity index (χ3v) is 4.03. The van der Waals surface area contributed by atoms with Crippen molar-refractivity contribution >= 4 is 23.3 Å². The van der Waals surface area contributed by atoms with E-state index in [2.05, 4.69) is 10.3 Å². The number of nitrogens with one attached hydrogen (secondary N) is 1. The van der Waals surface area contributed by atoms with Gasteiger partial charge in [-0.2, -0.15) is 5.26 Å². The topological polar surface area (TPSA) is 161 Å². The molecule has 0 unspecified atom stereocenters. The number of aliphatic imine (C=N–C) groups is 1. The zero-order chi connectivity index (χ0) is 18.1. The summed E-state index contributed by atoms with van der Waals surface area (Å²) >= 11 is 0. The van der Waals surface area contributed by atoms with Gasteiger partial charge in [0.25, 0.3) is 5.69 Å². The van der Waals surface area contributed by atoms with Crippen LogP contribution >= 0.6 is 0 Å². The second-order valence-corrected chi connectivity index (χ2v) is 5.54. The summed E-state index contributed by atoms with van der Waals surface area (Å²) in [7, 11) is 0. The van der Waals surface area contributed by atoms with Gasteiger partial charge in [-0.15, -0.1) is 0 Å². The number of ether oxygens (including phenoxy) is 1. The summed E-state index contributed by atoms with van der Waals surface area (Å²) in [5, 5.41) is 52.4. The van der Waals surface area contributed by atoms with E-state index >= 15 is 0 Å². The van der Waals surface area contributed by atoms with E-state index in [0.29, 0.717) is 5.69 Å². The maximum absolute atomic E-state index is 10.9. The predicted molar refractivity (Wildman–Crippen MR) is 85.3 cm³/mol. The molecule has 2 aliphatic rings. The minimum atomic E-state index is -1.36. The van der Waals surface area contributed by atoms with Crippen LogP contribution in [0.4, 0.5) is 17.1 Å². The van der Waals surface area contributed by atoms with Gasteiger partial charge in [-0.05, 0) is 6.07 Å². The SMILES string of the molecule is N#CC1=C([C@@H]2O[C@H](CO)[C@@H](O)[C@H]2O)Nc2ccc([N+](=O)[O-])cc2N=C1. The van der Waals surface area contributed by atoms with Gasteiger partial charge in [0.15, 0.2) is 0 Å². The number of aliphatic hydroxyl groups is 3. The van der Waals surface area contributed by atoms with Gasteiger partial charge in [0.1, 0.15) is 30.5 Å². The molecule has 3 rings (SSSR count). The fraction of sp³-hybridized carbons (Fsp3) is 0.333. The summed E-state index contributed by atoms with van der Waals surface area (Å²) in [6.07, 6.45) is -3.57. The molecule has 0 aromatic heterocycles. The number of nitro benzene ring substituents is 1. The number of allylic oxidation sites excluding steroid dienone is 1. The number of hydrogen-bond donors (Lipinski definition) is 4. The van der Waals surface area contributed by atoms with Crippen molar-refractivity contribution in [2.45, 2.75) is 24.4 Å². The highest BCUT2D eigenvalue weighted by molar-refractivity contribution is 5.92. The van der Waals surface area contributed by atoms with Gasteiger partial charge in [0.2, 0.25) is 0 Å². The average Bonchev–Trinajstić information content (AvgIpc) is 2.79. The van der Waals surface area contributed by atoms with E-state index in [4.69, 9.17) is 4.74 Å². The lowest BCUT2D eigenvalue weighted by Crippen LogP contribution is -2.35. The summed E-state index contributed by atoms with van der Waals surface area (Å²) in [6, 6.07) is 5.85. The van der Waals surface area contributed by atoms with Crippen molar-refractivity contribution in [3.8, 4) is 6.07 Å². The standard InChI is InChI=1S/C15H14N4O6/c16-4-7-5-17-10-3-8(19(23)24)1-2-9(10)18-12(7)15-14(22)13(21)11(6-20)25-15/h1-3,5,11,13-15,18,20-22H,6H2/t11-,13-,14-,15+/m1/s1. The number of fused-ring (bicyclic) bond motifs is 1. The summed E-state index contributed by atoms with van der Waals surface area (Å²) in [4.78, 5) is 14.4. The highest BCUT2D eigenvalue weighted by Crippen LogP contribution is 2.36. The molecule has 2 aliphatic heterocycles. The summed E-state index contributed by atoms with van der Waals surface area (Å²) < 4.78 is 5.45. The van der Waals surface area contributed by atoms with Gasteiger partial charge >= 0.3 is 0 Å². The molecule has 1 aromatic carbocycles. The van der Waals surface area contributed by atoms with Crippen molar-refractivity contribution in [3.05, 3.63) is 39.6 Å². The van der Waals surface area contributed by atoms with Crippen LogP contribution in [0.2, 0.25) is 0 Å². The lowest BCUT2D eigenvalue weighted by molar-refractivity contribution is -0.384. The molecule has 10 heteroatoms. The first-order valence-corrected chi connectivity index (χ1v) is 7.32. The first kappa shape index (κ1) is 17.0. The Bertz CT molecular complexity index is 815. The number of hydrogen-bond acceptors (Lipinski definition) is 9. The van der Waals surface area contributed by atoms with Crippen LogP contribution in [-0.4, -0.2) is 57.5 Å². The number of nitrogens with zero attached hydrogens (tertiary/aromatic N) is 3. The first-order chi connectivity index (χ1) is 12.0. The maximum atomic E-state index is 10.9. The molecule has 10 nitrogen and oxygen atoms in total. The molecule has 25 heavy (non-hydrogen) atoms. The van der Waals surface area contributed by atoms with Crippen molar-refractivity contribution in [2.75, 3.05) is 11.9 Å². The van der Waals surface area contributed by atoms with Gasteiger partial charge in [0, 0.05) is 18.3 Å². The van der Waals surface area contributed by atoms with E-state index < -0.39 is 35.9 Å². The zero-order valence-corrected chi connectivity index (χ0v) is 12.7. The second-order valence-electron chi connectivity index (χ2n) is 5.54. The molecule has 130 valence electrons. The Morgan fingerprint density at radius 3 is 2.76 bits per heavy atom. The molecule has 1 saturated heterocycles. The third-order valence-electron chi connectivity index (χ3n) is 4.03. The number of aliphatic hydroxyl groups excluding tert-OH is 3. The number of benzene rings is 1. The van der Waals surface area contributed by atoms with Gasteiger partial charge in [-0.1, -0.05) is 0 Å². The Kier molecular flexibility index (Phi) is 4.47. The average molecular weight is 346 g/mol. The second kappa shape index (κ2) is 6.58. The minimum absolute atomic E-state index is 0.0358. The lowest BCUT2D eigenvalue weighted by atomic mass is 10.0. The number of anilines is 1. The normalized spacial score (nSPS) is 28.1. The van der Waals surface area contributed by atoms with Crippen LogP contribution in [0, 0.1) is 21.4 Å². The quantitative estimate of drug-likeness (QED) is 0.438. The molecule has 2 heterocycles. The molecule has 0 radical (unpaired) electrons. The monoisotopic (exact) mass is 346 g/mol. The molecule has 0 bridgehead atoms. The maximum Gasteiger partial charge on any atom is 0.271 e. The number of non-ortho nitro benzene ring substituents is 1. The largest absolute Gasteiger partial charge is 0.394 e. The molecule has 1 aromatic rings. The molecule has 0 aliphatic carbocycles. The van der Waals surface area contributed by atoms with Gasteiger partial charge in [-0.3, -0.25) is 15.1 Å². The molecule has 4 N–H and O–H groups in total. The molecule has 4 atom stereocenters. The van der Waals surface area contributed by atoms with E-state index in [-0.39, 0.29) is 22.6 Å². The minimum Gasteiger partial charge on any atom is -0.394 e. The van der Waals surface area contributed by atoms with Crippen LogP contribution in [-0.2, 0) is 4.74 Å². The van der Waals surface area contributed by atoms with E-state index in [1.807, 2.05) is 6.07 Å². The highest BCUT2D eigenvalue weighted by atomic mass is 16.6. The Hall–Kier alpha value is -2.84. The fourth-order valence-corrected chi connectivity index (χ4v) is 2.71. The van der Waals surface area contributed by atoms with Crippen LogP contribution in [0.3, 0.4) is 0 Å². The number of rotatable bonds is 3. The van der Waals surface area contributed by atoms with Crippen molar-refractivity contribution in [2.24, 2.45) is 4.99 Å². The predicted octanol–water partition coefficient (Wildman–Crippen LogP) is -0.0182. The van der Waals surface area contributed by atoms with E-state index in [0.717, 1.165) is 0 Å². The molecule has 0 amide bonds. The smallest absolute Gasteiger partial charge is 0.271 e. The van der Waals surface area contributed by atoms with Gasteiger partial charge in [0.05, 0.1) is 34.2 Å². The van der Waals surface area contributed by atoms with Crippen LogP contribution < -0.4 is 5.32 Å². The number of nitro groups is 1. The van der Waals surface area contributed by atoms with Crippen LogP contribution in [0.1, 0.15) is 0 Å². The van der Waals surface area contributed by atoms with E-state index in [9.17, 15) is 30.7 Å². The summed E-state index contributed by atoms with van der Waals surface area (Å²) in [5.41, 5.74) is 0.645. The summed E-state index contributed by atoms with van der Waals surface area (Å²) in [6.45, 7) is -0.499. The van der Waals surface area contributed by atoms with E-state index in [1.54, 1.807) is 0 Å². The van der Waals surface area contributed by atoms with Crippen molar-refractivity contribution < 1.29 is 25.0 Å². The Labute approximate surface area is 141 Å². The third kappa shape index (κ3) is 2.97. The molecule has 0 saturated carbocycles. The highest BCUT2D eigenvalue weighted by Gasteiger charge is 2.45. The number of nitriles is 1. The van der Waals surface area contributed by atoms with Crippen LogP contribution in [0.15, 0.2) is 34.5 Å². The molecular weight excluding hydrogens is 332 g/mol. The molecule has 0 spiro atoms. The Morgan fingerprint density at radius 2 is 2.16 bits per heavy atom. The Balaban J connectivity index is 2.00. The molecular formula is C15H14N4O6. The first-order valence-electron chi connectivity index (χ1n) is 7.32. The van der Waals surface area contributed by atoms with Crippen LogP contribution in [0.5, 0.6) is 0 Å². The Morgan fingerprint density at radius 1 is 1.40 bits per heavy atom. The zero-order valence-electron chi connectivity index (χ0n) is 12.7. The summed E-state index contributed by atoms with van der Waals surface area (Å²) in [5.74, 6) is 0. The van der Waals surface area contributed by atoms with Gasteiger partial charge in [-0.25, -0.2) is 0 Å². The molecule has 1 fully saturated rings. The van der Waals surface area contributed by atoms with Crippen LogP contribution in [0.25, 0.3) is 0 Å². The van der Waals surface area contributed by atoms with Crippen molar-refractivity contribution in [1.29, 1.82) is 5.26 Å². The van der Waals surface area contributed by atoms with E-state index in [1.165, 1.54) is 24.4 Å².